The minimum atomic E-state index is -1.01. The number of nitrogens with zero attached hydrogens (tertiary/aromatic N) is 2. The van der Waals surface area contributed by atoms with Crippen molar-refractivity contribution in [2.75, 3.05) is 5.32 Å². The first-order valence-corrected chi connectivity index (χ1v) is 8.64. The highest BCUT2D eigenvalue weighted by atomic mass is 32.1. The molecule has 0 spiro atoms. The Labute approximate surface area is 143 Å². The van der Waals surface area contributed by atoms with E-state index >= 15 is 0 Å². The SMILES string of the molecule is O=C(Nc1ccc(F)c(F)c1)c1csc2nc(-c3cccs3)cn12. The van der Waals surface area contributed by atoms with Gasteiger partial charge in [0.05, 0.1) is 4.88 Å². The summed E-state index contributed by atoms with van der Waals surface area (Å²) in [5.74, 6) is -2.38. The van der Waals surface area contributed by atoms with Gasteiger partial charge in [-0.2, -0.15) is 0 Å². The fourth-order valence-corrected chi connectivity index (χ4v) is 3.79. The molecule has 0 bridgehead atoms. The standard InChI is InChI=1S/C16H9F2N3OS2/c17-10-4-3-9(6-11(10)18)19-15(22)13-8-24-16-20-12(7-21(13)16)14-2-1-5-23-14/h1-8H,(H,19,22). The predicted octanol–water partition coefficient (Wildman–Crippen LogP) is 4.65. The zero-order valence-corrected chi connectivity index (χ0v) is 13.6. The summed E-state index contributed by atoms with van der Waals surface area (Å²) in [4.78, 5) is 18.6. The van der Waals surface area contributed by atoms with Crippen molar-refractivity contribution in [3.05, 3.63) is 64.6 Å². The smallest absolute Gasteiger partial charge is 0.273 e. The van der Waals surface area contributed by atoms with Crippen LogP contribution in [0.4, 0.5) is 14.5 Å². The lowest BCUT2D eigenvalue weighted by Gasteiger charge is -2.04. The maximum atomic E-state index is 13.2. The molecule has 0 saturated heterocycles. The molecule has 3 aromatic heterocycles. The van der Waals surface area contributed by atoms with Crippen molar-refractivity contribution in [2.24, 2.45) is 0 Å². The molecule has 1 amide bonds. The number of nitrogens with one attached hydrogen (secondary N) is 1. The van der Waals surface area contributed by atoms with E-state index < -0.39 is 17.5 Å². The Morgan fingerprint density at radius 3 is 2.79 bits per heavy atom. The monoisotopic (exact) mass is 361 g/mol. The van der Waals surface area contributed by atoms with E-state index in [9.17, 15) is 13.6 Å². The molecule has 1 aromatic carbocycles. The van der Waals surface area contributed by atoms with Gasteiger partial charge in [-0.05, 0) is 23.6 Å². The molecular formula is C16H9F2N3OS2. The first-order valence-electron chi connectivity index (χ1n) is 6.89. The summed E-state index contributed by atoms with van der Waals surface area (Å²) in [6.45, 7) is 0. The number of thiazole rings is 1. The summed E-state index contributed by atoms with van der Waals surface area (Å²) >= 11 is 2.90. The van der Waals surface area contributed by atoms with Crippen molar-refractivity contribution in [3.63, 3.8) is 0 Å². The van der Waals surface area contributed by atoms with E-state index in [1.54, 1.807) is 27.3 Å². The first kappa shape index (κ1) is 15.0. The molecule has 4 nitrogen and oxygen atoms in total. The van der Waals surface area contributed by atoms with E-state index in [-0.39, 0.29) is 5.69 Å². The van der Waals surface area contributed by atoms with E-state index in [1.807, 2.05) is 17.5 Å². The largest absolute Gasteiger partial charge is 0.321 e. The second kappa shape index (κ2) is 5.81. The third kappa shape index (κ3) is 2.59. The molecule has 24 heavy (non-hydrogen) atoms. The Hall–Kier alpha value is -2.58. The highest BCUT2D eigenvalue weighted by molar-refractivity contribution is 7.15. The first-order chi connectivity index (χ1) is 11.6. The third-order valence-corrected chi connectivity index (χ3v) is 5.13. The minimum absolute atomic E-state index is 0.192. The normalized spacial score (nSPS) is 11.1. The average molecular weight is 361 g/mol. The van der Waals surface area contributed by atoms with Crippen LogP contribution >= 0.6 is 22.7 Å². The Morgan fingerprint density at radius 1 is 1.17 bits per heavy atom. The maximum absolute atomic E-state index is 13.2. The molecule has 1 N–H and O–H groups in total. The topological polar surface area (TPSA) is 46.4 Å². The molecule has 0 saturated carbocycles. The number of amides is 1. The van der Waals surface area contributed by atoms with Crippen LogP contribution in [-0.2, 0) is 0 Å². The van der Waals surface area contributed by atoms with E-state index in [0.717, 1.165) is 22.7 Å². The number of thiophene rings is 1. The van der Waals surface area contributed by atoms with Gasteiger partial charge in [-0.15, -0.1) is 22.7 Å². The van der Waals surface area contributed by atoms with Crippen LogP contribution in [-0.4, -0.2) is 15.3 Å². The van der Waals surface area contributed by atoms with E-state index in [2.05, 4.69) is 10.3 Å². The summed E-state index contributed by atoms with van der Waals surface area (Å²) in [5.41, 5.74) is 1.37. The maximum Gasteiger partial charge on any atom is 0.273 e. The van der Waals surface area contributed by atoms with Crippen LogP contribution in [0, 0.1) is 11.6 Å². The van der Waals surface area contributed by atoms with Gasteiger partial charge in [0.1, 0.15) is 11.4 Å². The number of carbonyl (C=O) groups excluding carboxylic acids is 1. The van der Waals surface area contributed by atoms with Crippen LogP contribution in [0.2, 0.25) is 0 Å². The van der Waals surface area contributed by atoms with Crippen LogP contribution in [0.1, 0.15) is 10.5 Å². The molecule has 0 aliphatic carbocycles. The molecule has 0 unspecified atom stereocenters. The number of imidazole rings is 1. The van der Waals surface area contributed by atoms with Crippen molar-refractivity contribution in [1.82, 2.24) is 9.38 Å². The number of benzene rings is 1. The van der Waals surface area contributed by atoms with E-state index in [4.69, 9.17) is 0 Å². The van der Waals surface area contributed by atoms with Crippen molar-refractivity contribution < 1.29 is 13.6 Å². The molecule has 0 aliphatic heterocycles. The second-order valence-electron chi connectivity index (χ2n) is 4.96. The fourth-order valence-electron chi connectivity index (χ4n) is 2.26. The van der Waals surface area contributed by atoms with Crippen molar-refractivity contribution in [2.45, 2.75) is 0 Å². The zero-order chi connectivity index (χ0) is 16.7. The summed E-state index contributed by atoms with van der Waals surface area (Å²) in [6, 6.07) is 7.12. The lowest BCUT2D eigenvalue weighted by atomic mass is 10.3. The van der Waals surface area contributed by atoms with Gasteiger partial charge in [-0.25, -0.2) is 13.8 Å². The van der Waals surface area contributed by atoms with Gasteiger partial charge < -0.3 is 5.32 Å². The summed E-state index contributed by atoms with van der Waals surface area (Å²) in [6.07, 6.45) is 1.79. The number of rotatable bonds is 3. The molecule has 0 aliphatic rings. The van der Waals surface area contributed by atoms with Crippen LogP contribution in [0.5, 0.6) is 0 Å². The van der Waals surface area contributed by atoms with E-state index in [1.165, 1.54) is 17.4 Å². The number of halogens is 2. The number of carbonyl (C=O) groups is 1. The molecular weight excluding hydrogens is 352 g/mol. The minimum Gasteiger partial charge on any atom is -0.321 e. The van der Waals surface area contributed by atoms with Crippen molar-refractivity contribution >= 4 is 39.2 Å². The number of aromatic nitrogens is 2. The molecule has 120 valence electrons. The van der Waals surface area contributed by atoms with Gasteiger partial charge >= 0.3 is 0 Å². The van der Waals surface area contributed by atoms with Gasteiger partial charge in [0.15, 0.2) is 16.6 Å². The quantitative estimate of drug-likeness (QED) is 0.577. The van der Waals surface area contributed by atoms with Gasteiger partial charge in [-0.3, -0.25) is 9.20 Å². The highest BCUT2D eigenvalue weighted by Gasteiger charge is 2.16. The number of fused-ring (bicyclic) bond motifs is 1. The van der Waals surface area contributed by atoms with E-state index in [0.29, 0.717) is 10.7 Å². The lowest BCUT2D eigenvalue weighted by molar-refractivity contribution is 0.102. The Morgan fingerprint density at radius 2 is 2.04 bits per heavy atom. The van der Waals surface area contributed by atoms with Crippen molar-refractivity contribution in [3.8, 4) is 10.6 Å². The average Bonchev–Trinajstić information content (AvgIpc) is 3.25. The van der Waals surface area contributed by atoms with Gasteiger partial charge in [0.25, 0.3) is 5.91 Å². The Kier molecular flexibility index (Phi) is 3.62. The molecule has 0 atom stereocenters. The van der Waals surface area contributed by atoms with Gasteiger partial charge in [0.2, 0.25) is 0 Å². The fraction of sp³-hybridized carbons (Fsp3) is 0. The Balaban J connectivity index is 1.65. The number of anilines is 1. The summed E-state index contributed by atoms with van der Waals surface area (Å²) in [7, 11) is 0. The highest BCUT2D eigenvalue weighted by Crippen LogP contribution is 2.27. The summed E-state index contributed by atoms with van der Waals surface area (Å²) < 4.78 is 27.9. The molecule has 0 fully saturated rings. The van der Waals surface area contributed by atoms with Crippen LogP contribution in [0.15, 0.2) is 47.3 Å². The van der Waals surface area contributed by atoms with Gasteiger partial charge in [0, 0.05) is 23.3 Å². The lowest BCUT2D eigenvalue weighted by Crippen LogP contribution is -2.14. The predicted molar refractivity (Wildman–Crippen MR) is 90.7 cm³/mol. The number of hydrogen-bond acceptors (Lipinski definition) is 4. The van der Waals surface area contributed by atoms with Crippen LogP contribution in [0.3, 0.4) is 0 Å². The second-order valence-corrected chi connectivity index (χ2v) is 6.74. The molecule has 4 aromatic rings. The van der Waals surface area contributed by atoms with Crippen molar-refractivity contribution in [1.29, 1.82) is 0 Å². The zero-order valence-electron chi connectivity index (χ0n) is 12.0. The molecule has 3 heterocycles. The summed E-state index contributed by atoms with van der Waals surface area (Å²) in [5, 5.41) is 6.20. The van der Waals surface area contributed by atoms with Crippen LogP contribution in [0.25, 0.3) is 15.5 Å². The Bertz CT molecular complexity index is 1040. The van der Waals surface area contributed by atoms with Gasteiger partial charge in [-0.1, -0.05) is 6.07 Å². The molecule has 4 rings (SSSR count). The number of hydrogen-bond donors (Lipinski definition) is 1. The third-order valence-electron chi connectivity index (χ3n) is 3.39. The van der Waals surface area contributed by atoms with Crippen LogP contribution < -0.4 is 5.32 Å². The molecule has 0 radical (unpaired) electrons. The molecule has 8 heteroatoms.